The molecule has 0 radical (unpaired) electrons. The van der Waals surface area contributed by atoms with Crippen LogP contribution in [0.15, 0.2) is 41.0 Å². The van der Waals surface area contributed by atoms with E-state index in [4.69, 9.17) is 4.42 Å². The van der Waals surface area contributed by atoms with E-state index < -0.39 is 0 Å². The lowest BCUT2D eigenvalue weighted by molar-refractivity contribution is 0.0942. The van der Waals surface area contributed by atoms with E-state index in [2.05, 4.69) is 15.6 Å². The van der Waals surface area contributed by atoms with E-state index in [1.54, 1.807) is 18.4 Å². The van der Waals surface area contributed by atoms with Crippen LogP contribution in [0.25, 0.3) is 0 Å². The van der Waals surface area contributed by atoms with Crippen molar-refractivity contribution in [3.05, 3.63) is 70.7 Å². The number of aromatic nitrogens is 2. The standard InChI is InChI=1S/C22H24N4O3/c1-14-7-5-8-15(2)18(14)25-22(28)20-24-19(17-10-3-4-11-26(17)20)21(27)23-13-16-9-6-12-29-16/h5-9,12H,3-4,10-11,13H2,1-2H3,(H,23,27)(H,25,28). The van der Waals surface area contributed by atoms with Crippen LogP contribution in [0.4, 0.5) is 5.69 Å². The number of anilines is 1. The second-order valence-corrected chi connectivity index (χ2v) is 7.32. The van der Waals surface area contributed by atoms with Crippen LogP contribution in [-0.4, -0.2) is 21.4 Å². The van der Waals surface area contributed by atoms with Gasteiger partial charge in [-0.1, -0.05) is 18.2 Å². The van der Waals surface area contributed by atoms with E-state index >= 15 is 0 Å². The first kappa shape index (κ1) is 19.0. The number of imidazole rings is 1. The highest BCUT2D eigenvalue weighted by Gasteiger charge is 2.27. The molecule has 0 bridgehead atoms. The highest BCUT2D eigenvalue weighted by atomic mass is 16.3. The van der Waals surface area contributed by atoms with Gasteiger partial charge in [-0.25, -0.2) is 4.98 Å². The van der Waals surface area contributed by atoms with Crippen LogP contribution in [0.3, 0.4) is 0 Å². The number of carbonyl (C=O) groups excluding carboxylic acids is 2. The van der Waals surface area contributed by atoms with Crippen molar-refractivity contribution in [2.24, 2.45) is 0 Å². The first-order valence-corrected chi connectivity index (χ1v) is 9.82. The van der Waals surface area contributed by atoms with Crippen LogP contribution >= 0.6 is 0 Å². The minimum absolute atomic E-state index is 0.280. The lowest BCUT2D eigenvalue weighted by Crippen LogP contribution is -2.25. The molecule has 0 fully saturated rings. The molecule has 150 valence electrons. The van der Waals surface area contributed by atoms with Gasteiger partial charge in [0.1, 0.15) is 11.5 Å². The summed E-state index contributed by atoms with van der Waals surface area (Å²) in [6, 6.07) is 9.44. The number of rotatable bonds is 5. The van der Waals surface area contributed by atoms with Gasteiger partial charge in [-0.15, -0.1) is 0 Å². The van der Waals surface area contributed by atoms with E-state index in [1.807, 2.05) is 36.6 Å². The molecule has 7 nitrogen and oxygen atoms in total. The van der Waals surface area contributed by atoms with Gasteiger partial charge in [0, 0.05) is 12.2 Å². The third-order valence-electron chi connectivity index (χ3n) is 5.26. The Labute approximate surface area is 169 Å². The molecule has 2 N–H and O–H groups in total. The molecule has 0 spiro atoms. The molecular weight excluding hydrogens is 368 g/mol. The van der Waals surface area contributed by atoms with Crippen molar-refractivity contribution in [2.75, 3.05) is 5.32 Å². The summed E-state index contributed by atoms with van der Waals surface area (Å²) < 4.78 is 7.14. The highest BCUT2D eigenvalue weighted by Crippen LogP contribution is 2.24. The van der Waals surface area contributed by atoms with E-state index in [0.29, 0.717) is 18.0 Å². The number of hydrogen-bond acceptors (Lipinski definition) is 4. The Morgan fingerprint density at radius 3 is 2.62 bits per heavy atom. The highest BCUT2D eigenvalue weighted by molar-refractivity contribution is 6.04. The summed E-state index contributed by atoms with van der Waals surface area (Å²) in [4.78, 5) is 30.2. The zero-order chi connectivity index (χ0) is 20.4. The number of amides is 2. The molecule has 1 aromatic carbocycles. The van der Waals surface area contributed by atoms with Crippen molar-refractivity contribution in [2.45, 2.75) is 46.2 Å². The number of furan rings is 1. The lowest BCUT2D eigenvalue weighted by atomic mass is 10.1. The van der Waals surface area contributed by atoms with Crippen molar-refractivity contribution in [3.8, 4) is 0 Å². The molecule has 0 atom stereocenters. The second kappa shape index (κ2) is 7.95. The largest absolute Gasteiger partial charge is 0.467 e. The summed E-state index contributed by atoms with van der Waals surface area (Å²) in [7, 11) is 0. The van der Waals surface area contributed by atoms with Crippen molar-refractivity contribution >= 4 is 17.5 Å². The van der Waals surface area contributed by atoms with Crippen molar-refractivity contribution < 1.29 is 14.0 Å². The summed E-state index contributed by atoms with van der Waals surface area (Å²) in [5.74, 6) is 0.360. The van der Waals surface area contributed by atoms with Crippen LogP contribution in [0.2, 0.25) is 0 Å². The van der Waals surface area contributed by atoms with Gasteiger partial charge in [0.15, 0.2) is 5.82 Å². The van der Waals surface area contributed by atoms with E-state index in [1.165, 1.54) is 0 Å². The van der Waals surface area contributed by atoms with Gasteiger partial charge >= 0.3 is 0 Å². The maximum atomic E-state index is 13.0. The molecule has 3 heterocycles. The molecule has 2 aromatic heterocycles. The summed E-state index contributed by atoms with van der Waals surface area (Å²) in [5, 5.41) is 5.81. The normalized spacial score (nSPS) is 13.0. The average Bonchev–Trinajstić information content (AvgIpc) is 3.37. The SMILES string of the molecule is Cc1cccc(C)c1NC(=O)c1nc(C(=O)NCc2ccco2)c2n1CCCC2. The lowest BCUT2D eigenvalue weighted by Gasteiger charge is -2.17. The molecule has 0 saturated carbocycles. The number of benzene rings is 1. The maximum Gasteiger partial charge on any atom is 0.291 e. The molecular formula is C22H24N4O3. The van der Waals surface area contributed by atoms with E-state index in [9.17, 15) is 9.59 Å². The zero-order valence-corrected chi connectivity index (χ0v) is 16.6. The third-order valence-corrected chi connectivity index (χ3v) is 5.26. The number of nitrogens with one attached hydrogen (secondary N) is 2. The van der Waals surface area contributed by atoms with Crippen molar-refractivity contribution in [3.63, 3.8) is 0 Å². The predicted octanol–water partition coefficient (Wildman–Crippen LogP) is 3.61. The summed E-state index contributed by atoms with van der Waals surface area (Å²) in [6.45, 7) is 4.87. The number of fused-ring (bicyclic) bond motifs is 1. The van der Waals surface area contributed by atoms with Gasteiger partial charge in [0.05, 0.1) is 18.5 Å². The molecule has 0 aliphatic carbocycles. The van der Waals surface area contributed by atoms with Gasteiger partial charge in [-0.05, 0) is 56.4 Å². The Kier molecular flexibility index (Phi) is 5.20. The first-order chi connectivity index (χ1) is 14.0. The minimum atomic E-state index is -0.296. The zero-order valence-electron chi connectivity index (χ0n) is 16.6. The molecule has 3 aromatic rings. The minimum Gasteiger partial charge on any atom is -0.467 e. The first-order valence-electron chi connectivity index (χ1n) is 9.82. The van der Waals surface area contributed by atoms with Crippen molar-refractivity contribution in [1.29, 1.82) is 0 Å². The quantitative estimate of drug-likeness (QED) is 0.694. The Bertz CT molecular complexity index is 1030. The van der Waals surface area contributed by atoms with Gasteiger partial charge in [-0.3, -0.25) is 9.59 Å². The number of carbonyl (C=O) groups is 2. The fraction of sp³-hybridized carbons (Fsp3) is 0.318. The third kappa shape index (κ3) is 3.81. The monoisotopic (exact) mass is 392 g/mol. The Morgan fingerprint density at radius 1 is 1.10 bits per heavy atom. The maximum absolute atomic E-state index is 13.0. The van der Waals surface area contributed by atoms with E-state index in [-0.39, 0.29) is 24.2 Å². The average molecular weight is 392 g/mol. The Morgan fingerprint density at radius 2 is 1.90 bits per heavy atom. The molecule has 0 saturated heterocycles. The number of aryl methyl sites for hydroxylation is 2. The van der Waals surface area contributed by atoms with Gasteiger partial charge < -0.3 is 19.6 Å². The summed E-state index contributed by atoms with van der Waals surface area (Å²) in [5.41, 5.74) is 3.90. The van der Waals surface area contributed by atoms with Gasteiger partial charge in [0.25, 0.3) is 11.8 Å². The molecule has 1 aliphatic heterocycles. The van der Waals surface area contributed by atoms with Gasteiger partial charge in [-0.2, -0.15) is 0 Å². The molecule has 1 aliphatic rings. The topological polar surface area (TPSA) is 89.2 Å². The van der Waals surface area contributed by atoms with Crippen molar-refractivity contribution in [1.82, 2.24) is 14.9 Å². The molecule has 7 heteroatoms. The number of hydrogen-bond donors (Lipinski definition) is 2. The van der Waals surface area contributed by atoms with Crippen LogP contribution in [0, 0.1) is 13.8 Å². The second-order valence-electron chi connectivity index (χ2n) is 7.32. The fourth-order valence-electron chi connectivity index (χ4n) is 3.74. The summed E-state index contributed by atoms with van der Waals surface area (Å²) in [6.07, 6.45) is 4.23. The Hall–Kier alpha value is -3.35. The van der Waals surface area contributed by atoms with Crippen LogP contribution in [0.5, 0.6) is 0 Å². The van der Waals surface area contributed by atoms with Crippen LogP contribution in [-0.2, 0) is 19.5 Å². The predicted molar refractivity (Wildman–Crippen MR) is 109 cm³/mol. The molecule has 2 amide bonds. The number of para-hydroxylation sites is 1. The van der Waals surface area contributed by atoms with Crippen LogP contribution in [0.1, 0.15) is 56.5 Å². The number of nitrogens with zero attached hydrogens (tertiary/aromatic N) is 2. The summed E-state index contributed by atoms with van der Waals surface area (Å²) >= 11 is 0. The molecule has 0 unspecified atom stereocenters. The molecule has 4 rings (SSSR count). The van der Waals surface area contributed by atoms with Crippen LogP contribution < -0.4 is 10.6 Å². The van der Waals surface area contributed by atoms with Gasteiger partial charge in [0.2, 0.25) is 0 Å². The fourth-order valence-corrected chi connectivity index (χ4v) is 3.74. The smallest absolute Gasteiger partial charge is 0.291 e. The molecule has 29 heavy (non-hydrogen) atoms. The Balaban J connectivity index is 1.60. The van der Waals surface area contributed by atoms with E-state index in [0.717, 1.165) is 41.8 Å².